The molecule has 4 atom stereocenters. The van der Waals surface area contributed by atoms with Crippen LogP contribution in [0.15, 0.2) is 18.6 Å². The van der Waals surface area contributed by atoms with Crippen LogP contribution in [0.2, 0.25) is 0 Å². The molecule has 4 heterocycles. The van der Waals surface area contributed by atoms with Crippen molar-refractivity contribution in [3.05, 3.63) is 24.3 Å². The number of amides is 3. The minimum atomic E-state index is -0.803. The minimum absolute atomic E-state index is 0.0157. The second-order valence-electron chi connectivity index (χ2n) is 11.7. The highest BCUT2D eigenvalue weighted by atomic mass is 16.3. The number of carbonyl (C=O) groups is 3. The molecule has 3 amide bonds. The Morgan fingerprint density at radius 3 is 2.57 bits per heavy atom. The lowest BCUT2D eigenvalue weighted by Crippen LogP contribution is -2.55. The Morgan fingerprint density at radius 1 is 1.16 bits per heavy atom. The summed E-state index contributed by atoms with van der Waals surface area (Å²) in [5.41, 5.74) is 1.09. The number of anilines is 1. The molecule has 2 aliphatic heterocycles. The SMILES string of the molecule is Cn1cc(N2CC(NC(=O)[C@@H]3C[C@@H](O)CN3C(=O)[C@@H](n3cc(C4CC4)nn3)C(C)(C)C)CCC2=O)cn1. The summed E-state index contributed by atoms with van der Waals surface area (Å²) >= 11 is 0. The Balaban J connectivity index is 1.31. The molecule has 1 aliphatic carbocycles. The van der Waals surface area contributed by atoms with Gasteiger partial charge in [0.2, 0.25) is 17.7 Å². The molecule has 0 bridgehead atoms. The number of hydrogen-bond donors (Lipinski definition) is 2. The van der Waals surface area contributed by atoms with Gasteiger partial charge in [-0.3, -0.25) is 19.1 Å². The average molecular weight is 513 g/mol. The fourth-order valence-electron chi connectivity index (χ4n) is 5.38. The van der Waals surface area contributed by atoms with Gasteiger partial charge in [-0.2, -0.15) is 5.10 Å². The van der Waals surface area contributed by atoms with Crippen LogP contribution in [-0.4, -0.2) is 83.8 Å². The molecule has 1 saturated carbocycles. The van der Waals surface area contributed by atoms with Crippen molar-refractivity contribution in [1.82, 2.24) is 35.0 Å². The van der Waals surface area contributed by atoms with Gasteiger partial charge in [0, 0.05) is 57.3 Å². The summed E-state index contributed by atoms with van der Waals surface area (Å²) in [6.45, 7) is 6.29. The van der Waals surface area contributed by atoms with Gasteiger partial charge in [0.1, 0.15) is 12.1 Å². The number of likely N-dealkylation sites (tertiary alicyclic amines) is 1. The quantitative estimate of drug-likeness (QED) is 0.582. The van der Waals surface area contributed by atoms with E-state index in [1.807, 2.05) is 27.0 Å². The second-order valence-corrected chi connectivity index (χ2v) is 11.7. The largest absolute Gasteiger partial charge is 0.391 e. The molecule has 2 saturated heterocycles. The van der Waals surface area contributed by atoms with Gasteiger partial charge in [-0.25, -0.2) is 4.68 Å². The van der Waals surface area contributed by atoms with Crippen LogP contribution in [0.3, 0.4) is 0 Å². The van der Waals surface area contributed by atoms with Crippen molar-refractivity contribution in [2.24, 2.45) is 12.5 Å². The van der Waals surface area contributed by atoms with Gasteiger partial charge in [0.15, 0.2) is 0 Å². The predicted molar refractivity (Wildman–Crippen MR) is 133 cm³/mol. The molecular formula is C25H36N8O4. The number of aromatic nitrogens is 5. The van der Waals surface area contributed by atoms with Gasteiger partial charge in [-0.1, -0.05) is 26.0 Å². The predicted octanol–water partition coefficient (Wildman–Crippen LogP) is 0.750. The molecule has 12 nitrogen and oxygen atoms in total. The van der Waals surface area contributed by atoms with E-state index in [0.717, 1.165) is 18.5 Å². The zero-order valence-electron chi connectivity index (χ0n) is 21.9. The lowest BCUT2D eigenvalue weighted by atomic mass is 9.85. The normalized spacial score (nSPS) is 25.4. The maximum Gasteiger partial charge on any atom is 0.248 e. The first kappa shape index (κ1) is 25.4. The number of aliphatic hydroxyl groups is 1. The van der Waals surface area contributed by atoms with E-state index in [0.29, 0.717) is 31.0 Å². The Morgan fingerprint density at radius 2 is 1.92 bits per heavy atom. The molecule has 2 aromatic rings. The Kier molecular flexibility index (Phi) is 6.55. The molecular weight excluding hydrogens is 476 g/mol. The van der Waals surface area contributed by atoms with Crippen molar-refractivity contribution >= 4 is 23.4 Å². The second kappa shape index (κ2) is 9.55. The zero-order valence-corrected chi connectivity index (χ0v) is 21.9. The summed E-state index contributed by atoms with van der Waals surface area (Å²) in [7, 11) is 1.78. The summed E-state index contributed by atoms with van der Waals surface area (Å²) in [6, 6.07) is -1.74. The first-order chi connectivity index (χ1) is 17.5. The molecule has 2 aromatic heterocycles. The van der Waals surface area contributed by atoms with Crippen molar-refractivity contribution in [3.63, 3.8) is 0 Å². The molecule has 12 heteroatoms. The number of carbonyl (C=O) groups excluding carboxylic acids is 3. The van der Waals surface area contributed by atoms with Crippen molar-refractivity contribution in [2.45, 2.75) is 83.0 Å². The van der Waals surface area contributed by atoms with Crippen molar-refractivity contribution < 1.29 is 19.5 Å². The van der Waals surface area contributed by atoms with Gasteiger partial charge in [-0.05, 0) is 24.7 Å². The maximum atomic E-state index is 13.9. The fraction of sp³-hybridized carbons (Fsp3) is 0.680. The van der Waals surface area contributed by atoms with Crippen molar-refractivity contribution in [2.75, 3.05) is 18.0 Å². The molecule has 0 spiro atoms. The van der Waals surface area contributed by atoms with E-state index < -0.39 is 23.6 Å². The van der Waals surface area contributed by atoms with Gasteiger partial charge < -0.3 is 20.2 Å². The summed E-state index contributed by atoms with van der Waals surface area (Å²) < 4.78 is 3.25. The van der Waals surface area contributed by atoms with Crippen LogP contribution in [0.1, 0.15) is 70.5 Å². The monoisotopic (exact) mass is 512 g/mol. The summed E-state index contributed by atoms with van der Waals surface area (Å²) in [5, 5.41) is 26.2. The van der Waals surface area contributed by atoms with E-state index >= 15 is 0 Å². The lowest BCUT2D eigenvalue weighted by Gasteiger charge is -2.36. The van der Waals surface area contributed by atoms with Crippen LogP contribution in [0.4, 0.5) is 5.69 Å². The molecule has 5 rings (SSSR count). The molecule has 200 valence electrons. The standard InChI is InChI=1S/C25H36N8O4/c1-25(2,3)22(33-14-19(28-29-33)15-5-6-15)24(37)32-13-18(34)9-20(32)23(36)27-16-7-8-21(35)31(11-16)17-10-26-30(4)12-17/h10,12,14-16,18,20,22,34H,5-9,11,13H2,1-4H3,(H,27,36)/t16?,18-,20+,22-/m1/s1. The number of aryl methyl sites for hydroxylation is 1. The third-order valence-corrected chi connectivity index (χ3v) is 7.47. The zero-order chi connectivity index (χ0) is 26.5. The smallest absolute Gasteiger partial charge is 0.248 e. The Bertz CT molecular complexity index is 1180. The van der Waals surface area contributed by atoms with Crippen LogP contribution in [-0.2, 0) is 21.4 Å². The lowest BCUT2D eigenvalue weighted by molar-refractivity contribution is -0.144. The van der Waals surface area contributed by atoms with E-state index in [4.69, 9.17) is 0 Å². The highest BCUT2D eigenvalue weighted by molar-refractivity contribution is 5.95. The molecule has 0 radical (unpaired) electrons. The molecule has 0 aromatic carbocycles. The number of β-amino-alcohol motifs (C(OH)–C–C–N with tert-alkyl or cyclic N) is 1. The summed E-state index contributed by atoms with van der Waals surface area (Å²) in [6.07, 6.45) is 7.59. The van der Waals surface area contributed by atoms with Gasteiger partial charge >= 0.3 is 0 Å². The van der Waals surface area contributed by atoms with Crippen LogP contribution >= 0.6 is 0 Å². The minimum Gasteiger partial charge on any atom is -0.391 e. The first-order valence-corrected chi connectivity index (χ1v) is 13.0. The molecule has 1 unspecified atom stereocenters. The van der Waals surface area contributed by atoms with E-state index in [9.17, 15) is 19.5 Å². The number of piperidine rings is 1. The molecule has 3 aliphatic rings. The number of rotatable bonds is 6. The van der Waals surface area contributed by atoms with Crippen LogP contribution in [0, 0.1) is 5.41 Å². The number of nitrogens with zero attached hydrogens (tertiary/aromatic N) is 7. The Labute approximate surface area is 216 Å². The van der Waals surface area contributed by atoms with Crippen LogP contribution < -0.4 is 10.2 Å². The number of hydrogen-bond acceptors (Lipinski definition) is 7. The van der Waals surface area contributed by atoms with Gasteiger partial charge in [-0.15, -0.1) is 5.10 Å². The molecule has 37 heavy (non-hydrogen) atoms. The van der Waals surface area contributed by atoms with Gasteiger partial charge in [0.25, 0.3) is 0 Å². The first-order valence-electron chi connectivity index (χ1n) is 13.0. The van der Waals surface area contributed by atoms with Gasteiger partial charge in [0.05, 0.1) is 23.7 Å². The number of nitrogens with one attached hydrogen (secondary N) is 1. The summed E-state index contributed by atoms with van der Waals surface area (Å²) in [4.78, 5) is 43.0. The van der Waals surface area contributed by atoms with Crippen LogP contribution in [0.25, 0.3) is 0 Å². The maximum absolute atomic E-state index is 13.9. The fourth-order valence-corrected chi connectivity index (χ4v) is 5.38. The van der Waals surface area contributed by atoms with E-state index in [-0.39, 0.29) is 36.7 Å². The highest BCUT2D eigenvalue weighted by Crippen LogP contribution is 2.40. The summed E-state index contributed by atoms with van der Waals surface area (Å²) in [5.74, 6) is -0.184. The third-order valence-electron chi connectivity index (χ3n) is 7.47. The van der Waals surface area contributed by atoms with Crippen molar-refractivity contribution in [1.29, 1.82) is 0 Å². The van der Waals surface area contributed by atoms with E-state index in [2.05, 4.69) is 20.7 Å². The molecule has 2 N–H and O–H groups in total. The topological polar surface area (TPSA) is 138 Å². The third kappa shape index (κ3) is 5.25. The van der Waals surface area contributed by atoms with Crippen LogP contribution in [0.5, 0.6) is 0 Å². The Hall–Kier alpha value is -3.28. The number of aliphatic hydroxyl groups excluding tert-OH is 1. The highest BCUT2D eigenvalue weighted by Gasteiger charge is 2.46. The molecule has 3 fully saturated rings. The van der Waals surface area contributed by atoms with Crippen molar-refractivity contribution in [3.8, 4) is 0 Å². The van der Waals surface area contributed by atoms with E-state index in [1.165, 1.54) is 4.90 Å². The average Bonchev–Trinajstić information content (AvgIpc) is 3.20. The van der Waals surface area contributed by atoms with E-state index in [1.54, 1.807) is 33.7 Å².